The third-order valence-electron chi connectivity index (χ3n) is 12.1. The SMILES string of the molecule is C=CC(=O)Nc1cccc(Nc2nc(Nc3ccc(N4CCN(C(=O)CCCCCCCCCC(=O)Nc5cccc6c5C(=O)N(C5CCC(=O)NC5=O)C6=O)CC4)cc3OC)ncc2C(F)(F)F)c1. The summed E-state index contributed by atoms with van der Waals surface area (Å²) >= 11 is 0. The summed E-state index contributed by atoms with van der Waals surface area (Å²) in [5.74, 6) is -3.40. The second-order valence-corrected chi connectivity index (χ2v) is 16.9. The molecule has 18 nitrogen and oxygen atoms in total. The first-order valence-electron chi connectivity index (χ1n) is 23.0. The fraction of sp³-hybridized carbons (Fsp3) is 0.367. The number of hydrogen-bond donors (Lipinski definition) is 5. The highest BCUT2D eigenvalue weighted by molar-refractivity contribution is 6.26. The minimum atomic E-state index is -4.77. The first-order valence-corrected chi connectivity index (χ1v) is 23.0. The number of benzene rings is 3. The Morgan fingerprint density at radius 1 is 0.829 bits per heavy atom. The van der Waals surface area contributed by atoms with E-state index < -0.39 is 53.1 Å². The molecule has 1 unspecified atom stereocenters. The summed E-state index contributed by atoms with van der Waals surface area (Å²) in [6, 6.07) is 15.0. The fourth-order valence-electron chi connectivity index (χ4n) is 8.50. The van der Waals surface area contributed by atoms with Crippen LogP contribution in [-0.4, -0.2) is 100 Å². The number of alkyl halides is 3. The summed E-state index contributed by atoms with van der Waals surface area (Å²) in [5.41, 5.74) is 1.08. The molecule has 3 aliphatic heterocycles. The number of nitrogens with zero attached hydrogens (tertiary/aromatic N) is 5. The van der Waals surface area contributed by atoms with Crippen LogP contribution in [0.4, 0.5) is 53.4 Å². The van der Waals surface area contributed by atoms with Gasteiger partial charge in [-0.3, -0.25) is 43.8 Å². The van der Waals surface area contributed by atoms with Gasteiger partial charge in [-0.05, 0) is 67.8 Å². The zero-order chi connectivity index (χ0) is 50.0. The lowest BCUT2D eigenvalue weighted by molar-refractivity contribution is -0.138. The number of piperidine rings is 1. The molecule has 0 spiro atoms. The molecule has 4 aromatic rings. The lowest BCUT2D eigenvalue weighted by atomic mass is 10.0. The average molecular weight is 967 g/mol. The van der Waals surface area contributed by atoms with E-state index in [9.17, 15) is 46.7 Å². The molecule has 3 aliphatic rings. The van der Waals surface area contributed by atoms with Crippen LogP contribution >= 0.6 is 0 Å². The summed E-state index contributed by atoms with van der Waals surface area (Å²) in [6.45, 7) is 5.65. The third-order valence-corrected chi connectivity index (χ3v) is 12.1. The summed E-state index contributed by atoms with van der Waals surface area (Å²) in [4.78, 5) is 101. The van der Waals surface area contributed by atoms with Gasteiger partial charge in [-0.25, -0.2) is 4.98 Å². The highest BCUT2D eigenvalue weighted by atomic mass is 19.4. The zero-order valence-corrected chi connectivity index (χ0v) is 38.5. The predicted octanol–water partition coefficient (Wildman–Crippen LogP) is 7.32. The molecule has 1 aromatic heterocycles. The number of unbranched alkanes of at least 4 members (excludes halogenated alkanes) is 6. The molecule has 368 valence electrons. The number of piperazine rings is 1. The van der Waals surface area contributed by atoms with Crippen LogP contribution in [0.2, 0.25) is 0 Å². The van der Waals surface area contributed by atoms with Gasteiger partial charge in [0.25, 0.3) is 11.8 Å². The molecular formula is C49H53F3N10O8. The molecule has 5 N–H and O–H groups in total. The quantitative estimate of drug-likeness (QED) is 0.0333. The molecule has 3 aromatic carbocycles. The van der Waals surface area contributed by atoms with E-state index in [1.165, 1.54) is 25.3 Å². The summed E-state index contributed by atoms with van der Waals surface area (Å²) in [6.07, 6.45) is 3.63. The molecule has 0 aliphatic carbocycles. The van der Waals surface area contributed by atoms with Gasteiger partial charge in [-0.2, -0.15) is 18.2 Å². The Kier molecular flexibility index (Phi) is 16.1. The normalized spacial score (nSPS) is 15.8. The molecule has 2 saturated heterocycles. The van der Waals surface area contributed by atoms with Gasteiger partial charge in [-0.15, -0.1) is 0 Å². The highest BCUT2D eigenvalue weighted by Gasteiger charge is 2.46. The number of rotatable bonds is 20. The Morgan fingerprint density at radius 3 is 2.23 bits per heavy atom. The van der Waals surface area contributed by atoms with Crippen molar-refractivity contribution in [1.29, 1.82) is 0 Å². The van der Waals surface area contributed by atoms with Gasteiger partial charge in [-0.1, -0.05) is 50.8 Å². The van der Waals surface area contributed by atoms with E-state index in [4.69, 9.17) is 4.74 Å². The lowest BCUT2D eigenvalue weighted by Gasteiger charge is -2.36. The number of carbonyl (C=O) groups excluding carboxylic acids is 7. The Morgan fingerprint density at radius 2 is 1.53 bits per heavy atom. The number of halogens is 3. The van der Waals surface area contributed by atoms with Gasteiger partial charge in [0.15, 0.2) is 0 Å². The Labute approximate surface area is 401 Å². The molecule has 70 heavy (non-hydrogen) atoms. The number of hydrogen-bond acceptors (Lipinski definition) is 13. The first-order chi connectivity index (χ1) is 33.6. The van der Waals surface area contributed by atoms with Gasteiger partial charge in [0, 0.05) is 74.8 Å². The van der Waals surface area contributed by atoms with Gasteiger partial charge in [0.2, 0.25) is 35.5 Å². The third kappa shape index (κ3) is 12.2. The van der Waals surface area contributed by atoms with Crippen LogP contribution in [0.15, 0.2) is 79.5 Å². The maximum absolute atomic E-state index is 14.0. The summed E-state index contributed by atoms with van der Waals surface area (Å²) < 4.78 is 47.6. The average Bonchev–Trinajstić information content (AvgIpc) is 3.59. The minimum Gasteiger partial charge on any atom is -0.494 e. The summed E-state index contributed by atoms with van der Waals surface area (Å²) in [7, 11) is 1.47. The molecule has 1 atom stereocenters. The smallest absolute Gasteiger partial charge is 0.421 e. The van der Waals surface area contributed by atoms with Gasteiger partial charge in [0.1, 0.15) is 23.2 Å². The highest BCUT2D eigenvalue weighted by Crippen LogP contribution is 2.38. The number of carbonyl (C=O) groups is 7. The maximum atomic E-state index is 14.0. The number of aromatic nitrogens is 2. The van der Waals surface area contributed by atoms with E-state index in [0.717, 1.165) is 55.2 Å². The predicted molar refractivity (Wildman–Crippen MR) is 254 cm³/mol. The first kappa shape index (κ1) is 50.0. The molecule has 4 heterocycles. The number of fused-ring (bicyclic) bond motifs is 1. The van der Waals surface area contributed by atoms with Crippen molar-refractivity contribution in [3.05, 3.63) is 96.2 Å². The van der Waals surface area contributed by atoms with Crippen LogP contribution in [0.5, 0.6) is 5.75 Å². The molecule has 7 rings (SSSR count). The Balaban J connectivity index is 0.800. The Bertz CT molecular complexity index is 2670. The van der Waals surface area contributed by atoms with Crippen molar-refractivity contribution in [2.45, 2.75) is 82.8 Å². The number of imide groups is 2. The number of amides is 7. The van der Waals surface area contributed by atoms with Crippen LogP contribution in [-0.2, 0) is 30.1 Å². The molecular weight excluding hydrogens is 914 g/mol. The van der Waals surface area contributed by atoms with Crippen molar-refractivity contribution < 1.29 is 51.5 Å². The van der Waals surface area contributed by atoms with Crippen LogP contribution in [0.1, 0.15) is 96.9 Å². The van der Waals surface area contributed by atoms with Gasteiger partial charge < -0.3 is 35.8 Å². The van der Waals surface area contributed by atoms with Crippen molar-refractivity contribution in [3.8, 4) is 5.75 Å². The van der Waals surface area contributed by atoms with Gasteiger partial charge >= 0.3 is 6.18 Å². The largest absolute Gasteiger partial charge is 0.494 e. The number of anilines is 7. The topological polar surface area (TPSA) is 224 Å². The van der Waals surface area contributed by atoms with E-state index in [1.54, 1.807) is 36.4 Å². The molecule has 0 radical (unpaired) electrons. The fourth-order valence-corrected chi connectivity index (χ4v) is 8.50. The second-order valence-electron chi connectivity index (χ2n) is 16.9. The van der Waals surface area contributed by atoms with E-state index in [1.807, 2.05) is 11.0 Å². The molecule has 0 bridgehead atoms. The van der Waals surface area contributed by atoms with Crippen molar-refractivity contribution in [3.63, 3.8) is 0 Å². The zero-order valence-electron chi connectivity index (χ0n) is 38.5. The van der Waals surface area contributed by atoms with Gasteiger partial charge in [0.05, 0.1) is 29.6 Å². The number of methoxy groups -OCH3 is 1. The standard InChI is InChI=1S/C49H53F3N10O8/c1-3-39(63)54-30-13-11-14-31(27-30)55-44-34(49(50,51)52)29-53-48(59-44)57-35-20-19-32(28-38(35)70-2)60-23-25-61(26-24-60)42(66)18-10-8-6-4-5-7-9-17-40(64)56-36-16-12-15-33-43(36)47(69)62(46(33)68)37-21-22-41(65)58-45(37)67/h3,11-16,19-20,27-29,37H,1,4-10,17-18,21-26H2,2H3,(H,54,63)(H,56,64)(H,58,65,67)(H2,53,55,57,59). The second kappa shape index (κ2) is 22.5. The van der Waals surface area contributed by atoms with Crippen molar-refractivity contribution in [2.75, 3.05) is 59.5 Å². The van der Waals surface area contributed by atoms with Crippen LogP contribution in [0.25, 0.3) is 0 Å². The molecule has 0 saturated carbocycles. The van der Waals surface area contributed by atoms with E-state index in [-0.39, 0.29) is 59.5 Å². The lowest BCUT2D eigenvalue weighted by Crippen LogP contribution is -2.54. The van der Waals surface area contributed by atoms with E-state index in [0.29, 0.717) is 62.3 Å². The van der Waals surface area contributed by atoms with Crippen LogP contribution in [0.3, 0.4) is 0 Å². The maximum Gasteiger partial charge on any atom is 0.421 e. The monoisotopic (exact) mass is 966 g/mol. The number of ether oxygens (including phenoxy) is 1. The van der Waals surface area contributed by atoms with Crippen LogP contribution < -0.4 is 36.2 Å². The van der Waals surface area contributed by atoms with Crippen molar-refractivity contribution >= 4 is 81.6 Å². The van der Waals surface area contributed by atoms with Crippen LogP contribution in [0, 0.1) is 0 Å². The molecule has 2 fully saturated rings. The van der Waals surface area contributed by atoms with Crippen molar-refractivity contribution in [1.82, 2.24) is 25.1 Å². The van der Waals surface area contributed by atoms with Crippen molar-refractivity contribution in [2.24, 2.45) is 0 Å². The minimum absolute atomic E-state index is 0.00875. The van der Waals surface area contributed by atoms with E-state index >= 15 is 0 Å². The Hall–Kier alpha value is -7.84. The van der Waals surface area contributed by atoms with E-state index in [2.05, 4.69) is 48.0 Å². The molecule has 7 amide bonds. The molecule has 21 heteroatoms. The number of nitrogens with one attached hydrogen (secondary N) is 5. The summed E-state index contributed by atoms with van der Waals surface area (Å²) in [5, 5.41) is 13.1.